The van der Waals surface area contributed by atoms with E-state index < -0.39 is 11.8 Å². The number of hydrogen-bond donors (Lipinski definition) is 1. The predicted octanol–water partition coefficient (Wildman–Crippen LogP) is 4.86. The van der Waals surface area contributed by atoms with Crippen molar-refractivity contribution >= 4 is 11.7 Å². The maximum Gasteiger partial charge on any atom is 0.340 e. The van der Waals surface area contributed by atoms with Crippen LogP contribution in [0.3, 0.4) is 0 Å². The quantitative estimate of drug-likeness (QED) is 0.667. The Kier molecular flexibility index (Phi) is 6.20. The van der Waals surface area contributed by atoms with Gasteiger partial charge in [-0.2, -0.15) is 0 Å². The molecule has 0 amide bonds. The van der Waals surface area contributed by atoms with Crippen LogP contribution in [0.2, 0.25) is 0 Å². The molecule has 2 heterocycles. The lowest BCUT2D eigenvalue weighted by Gasteiger charge is -2.22. The highest BCUT2D eigenvalue weighted by atomic mass is 19.1. The van der Waals surface area contributed by atoms with Gasteiger partial charge in [0, 0.05) is 18.0 Å². The molecule has 0 unspecified atom stereocenters. The molecule has 4 rings (SSSR count). The van der Waals surface area contributed by atoms with E-state index in [0.29, 0.717) is 17.7 Å². The van der Waals surface area contributed by atoms with E-state index in [2.05, 4.69) is 9.99 Å². The summed E-state index contributed by atoms with van der Waals surface area (Å²) in [5.41, 5.74) is 4.27. The van der Waals surface area contributed by atoms with Crippen molar-refractivity contribution in [2.75, 3.05) is 6.61 Å². The van der Waals surface area contributed by atoms with Crippen LogP contribution in [0.5, 0.6) is 11.5 Å². The molecule has 0 saturated heterocycles. The fourth-order valence-corrected chi connectivity index (χ4v) is 4.39. The third kappa shape index (κ3) is 4.70. The topological polar surface area (TPSA) is 81.0 Å². The number of halogens is 1. The Hall–Kier alpha value is -2.96. The maximum atomic E-state index is 15.0. The fourth-order valence-electron chi connectivity index (χ4n) is 4.39. The van der Waals surface area contributed by atoms with Crippen LogP contribution in [-0.4, -0.2) is 28.4 Å². The van der Waals surface area contributed by atoms with Gasteiger partial charge in [-0.05, 0) is 61.6 Å². The summed E-state index contributed by atoms with van der Waals surface area (Å²) in [6.45, 7) is 3.65. The van der Waals surface area contributed by atoms with Crippen LogP contribution in [0, 0.1) is 19.7 Å². The molecule has 1 N–H and O–H groups in total. The van der Waals surface area contributed by atoms with Crippen molar-refractivity contribution < 1.29 is 23.9 Å². The zero-order valence-electron chi connectivity index (χ0n) is 17.9. The molecule has 1 aromatic carbocycles. The number of aromatic nitrogens is 1. The van der Waals surface area contributed by atoms with E-state index in [4.69, 9.17) is 9.72 Å². The lowest BCUT2D eigenvalue weighted by molar-refractivity contribution is -0.140. The molecule has 0 radical (unpaired) electrons. The number of aromatic hydroxyl groups is 1. The summed E-state index contributed by atoms with van der Waals surface area (Å²) in [5, 5.41) is 14.0. The second kappa shape index (κ2) is 9.04. The van der Waals surface area contributed by atoms with E-state index in [-0.39, 0.29) is 30.4 Å². The highest BCUT2D eigenvalue weighted by Crippen LogP contribution is 2.36. The first-order chi connectivity index (χ1) is 14.9. The summed E-state index contributed by atoms with van der Waals surface area (Å²) < 4.78 is 20.6. The third-order valence-corrected chi connectivity index (χ3v) is 6.15. The van der Waals surface area contributed by atoms with E-state index in [0.717, 1.165) is 48.2 Å². The van der Waals surface area contributed by atoms with Gasteiger partial charge in [-0.15, -0.1) is 0 Å². The number of carbonyl (C=O) groups excluding carboxylic acids is 1. The number of nitrogens with zero attached hydrogens (tertiary/aromatic N) is 2. The molecular formula is C24H27FN2O4. The normalized spacial score (nSPS) is 16.9. The van der Waals surface area contributed by atoms with E-state index >= 15 is 4.39 Å². The average Bonchev–Trinajstić information content (AvgIpc) is 3.19. The zero-order valence-corrected chi connectivity index (χ0v) is 17.9. The summed E-state index contributed by atoms with van der Waals surface area (Å²) in [5.74, 6) is -0.204. The number of oxime groups is 1. The minimum absolute atomic E-state index is 0.00511. The van der Waals surface area contributed by atoms with Crippen LogP contribution in [0.4, 0.5) is 4.39 Å². The first kappa shape index (κ1) is 21.3. The van der Waals surface area contributed by atoms with E-state index in [1.165, 1.54) is 6.42 Å². The van der Waals surface area contributed by atoms with Crippen molar-refractivity contribution in [3.8, 4) is 11.5 Å². The van der Waals surface area contributed by atoms with Crippen molar-refractivity contribution in [2.24, 2.45) is 5.16 Å². The number of aryl methyl sites for hydroxylation is 1. The third-order valence-electron chi connectivity index (χ3n) is 6.15. The monoisotopic (exact) mass is 426 g/mol. The van der Waals surface area contributed by atoms with Crippen LogP contribution in [0.25, 0.3) is 0 Å². The molecule has 1 aliphatic heterocycles. The summed E-state index contributed by atoms with van der Waals surface area (Å²) in [6.07, 6.45) is 6.19. The Balaban J connectivity index is 1.53. The Bertz CT molecular complexity index is 1030. The van der Waals surface area contributed by atoms with Gasteiger partial charge in [-0.1, -0.05) is 24.4 Å². The van der Waals surface area contributed by atoms with Crippen molar-refractivity contribution in [3.63, 3.8) is 0 Å². The van der Waals surface area contributed by atoms with E-state index in [1.54, 1.807) is 25.1 Å². The second-order valence-electron chi connectivity index (χ2n) is 8.41. The highest BCUT2D eigenvalue weighted by Gasteiger charge is 2.22. The predicted molar refractivity (Wildman–Crippen MR) is 114 cm³/mol. The molecule has 2 aromatic rings. The Morgan fingerprint density at radius 3 is 2.71 bits per heavy atom. The van der Waals surface area contributed by atoms with Crippen LogP contribution < -0.4 is 4.74 Å². The van der Waals surface area contributed by atoms with Gasteiger partial charge in [0.05, 0.1) is 12.1 Å². The lowest BCUT2D eigenvalue weighted by Crippen LogP contribution is -2.12. The molecule has 0 bridgehead atoms. The molecule has 0 atom stereocenters. The first-order valence-electron chi connectivity index (χ1n) is 10.8. The standard InChI is InChI=1S/C24H27FN2O4/c1-14-10-21(30-13-18-12-22(29)31-27-18)23(25)15(2)19(14)11-17-8-9-20(28)24(26-17)16-6-4-3-5-7-16/h8-10,16,28H,3-7,11-13H2,1-2H3. The maximum absolute atomic E-state index is 15.0. The van der Waals surface area contributed by atoms with Crippen LogP contribution >= 0.6 is 0 Å². The molecule has 1 fully saturated rings. The number of carbonyl (C=O) groups is 1. The average molecular weight is 426 g/mol. The fraction of sp³-hybridized carbons (Fsp3) is 0.458. The molecule has 0 spiro atoms. The Morgan fingerprint density at radius 2 is 2.00 bits per heavy atom. The van der Waals surface area contributed by atoms with E-state index in [1.807, 2.05) is 6.92 Å². The number of hydrogen-bond acceptors (Lipinski definition) is 6. The van der Waals surface area contributed by atoms with Crippen molar-refractivity contribution in [2.45, 2.75) is 64.7 Å². The summed E-state index contributed by atoms with van der Waals surface area (Å²) in [4.78, 5) is 20.4. The van der Waals surface area contributed by atoms with Gasteiger partial charge in [0.15, 0.2) is 11.6 Å². The minimum Gasteiger partial charge on any atom is -0.506 e. The number of ether oxygens (including phenoxy) is 1. The summed E-state index contributed by atoms with van der Waals surface area (Å²) >= 11 is 0. The first-order valence-corrected chi connectivity index (χ1v) is 10.8. The molecule has 31 heavy (non-hydrogen) atoms. The molecular weight excluding hydrogens is 399 g/mol. The number of rotatable bonds is 6. The summed E-state index contributed by atoms with van der Waals surface area (Å²) in [6, 6.07) is 5.17. The van der Waals surface area contributed by atoms with Gasteiger partial charge in [-0.25, -0.2) is 9.18 Å². The second-order valence-corrected chi connectivity index (χ2v) is 8.41. The molecule has 1 saturated carbocycles. The number of pyridine rings is 1. The largest absolute Gasteiger partial charge is 0.506 e. The Labute approximate surface area is 181 Å². The van der Waals surface area contributed by atoms with Crippen LogP contribution in [-0.2, 0) is 16.1 Å². The highest BCUT2D eigenvalue weighted by molar-refractivity contribution is 6.02. The van der Waals surface area contributed by atoms with Crippen molar-refractivity contribution in [1.82, 2.24) is 4.98 Å². The van der Waals surface area contributed by atoms with Crippen molar-refractivity contribution in [3.05, 3.63) is 52.1 Å². The molecule has 7 heteroatoms. The van der Waals surface area contributed by atoms with Gasteiger partial charge < -0.3 is 14.7 Å². The van der Waals surface area contributed by atoms with Gasteiger partial charge in [0.1, 0.15) is 18.1 Å². The molecule has 1 aliphatic carbocycles. The lowest BCUT2D eigenvalue weighted by atomic mass is 9.86. The van der Waals surface area contributed by atoms with Crippen molar-refractivity contribution in [1.29, 1.82) is 0 Å². The van der Waals surface area contributed by atoms with Gasteiger partial charge in [0.2, 0.25) is 0 Å². The molecule has 2 aliphatic rings. The molecule has 1 aromatic heterocycles. The SMILES string of the molecule is Cc1cc(OCC2=NOC(=O)C2)c(F)c(C)c1Cc1ccc(O)c(C2CCCCC2)n1. The zero-order chi connectivity index (χ0) is 22.0. The van der Waals surface area contributed by atoms with Gasteiger partial charge in [0.25, 0.3) is 0 Å². The molecule has 6 nitrogen and oxygen atoms in total. The van der Waals surface area contributed by atoms with E-state index in [9.17, 15) is 9.90 Å². The Morgan fingerprint density at radius 1 is 1.23 bits per heavy atom. The van der Waals surface area contributed by atoms with Crippen LogP contribution in [0.1, 0.15) is 72.5 Å². The number of benzene rings is 1. The smallest absolute Gasteiger partial charge is 0.340 e. The summed E-state index contributed by atoms with van der Waals surface area (Å²) in [7, 11) is 0. The minimum atomic E-state index is -0.434. The van der Waals surface area contributed by atoms with Crippen LogP contribution in [0.15, 0.2) is 23.4 Å². The van der Waals surface area contributed by atoms with Gasteiger partial charge in [-0.3, -0.25) is 4.98 Å². The van der Waals surface area contributed by atoms with Gasteiger partial charge >= 0.3 is 5.97 Å². The molecule has 164 valence electrons.